The summed E-state index contributed by atoms with van der Waals surface area (Å²) in [6.07, 6.45) is -4.65. The number of hydrogen-bond acceptors (Lipinski definition) is 1. The molecular formula is C7H4F3OS. The van der Waals surface area contributed by atoms with Crippen LogP contribution in [0.2, 0.25) is 0 Å². The van der Waals surface area contributed by atoms with Gasteiger partial charge in [-0.05, 0) is 18.2 Å². The lowest BCUT2D eigenvalue weighted by atomic mass is 10.3. The lowest BCUT2D eigenvalue weighted by Crippen LogP contribution is -2.16. The first-order valence-corrected chi connectivity index (χ1v) is 3.41. The molecule has 0 spiro atoms. The van der Waals surface area contributed by atoms with E-state index >= 15 is 0 Å². The van der Waals surface area contributed by atoms with E-state index in [-0.39, 0.29) is 5.75 Å². The van der Waals surface area contributed by atoms with E-state index in [1.54, 1.807) is 0 Å². The third kappa shape index (κ3) is 2.96. The van der Waals surface area contributed by atoms with Crippen molar-refractivity contribution < 1.29 is 17.9 Å². The summed E-state index contributed by atoms with van der Waals surface area (Å²) in [4.78, 5) is 0.316. The summed E-state index contributed by atoms with van der Waals surface area (Å²) in [5, 5.41) is 0. The Kier molecular flexibility index (Phi) is 2.42. The second kappa shape index (κ2) is 3.18. The van der Waals surface area contributed by atoms with Gasteiger partial charge in [0.05, 0.1) is 0 Å². The average molecular weight is 193 g/mol. The zero-order valence-electron chi connectivity index (χ0n) is 5.76. The maximum absolute atomic E-state index is 11.6. The van der Waals surface area contributed by atoms with Gasteiger partial charge in [-0.2, -0.15) is 0 Å². The van der Waals surface area contributed by atoms with Crippen molar-refractivity contribution >= 4 is 12.6 Å². The van der Waals surface area contributed by atoms with Gasteiger partial charge in [0.15, 0.2) is 0 Å². The lowest BCUT2D eigenvalue weighted by Gasteiger charge is -2.07. The van der Waals surface area contributed by atoms with Crippen molar-refractivity contribution in [1.82, 2.24) is 0 Å². The predicted octanol–water partition coefficient (Wildman–Crippen LogP) is 3.14. The second-order valence-corrected chi connectivity index (χ2v) is 2.49. The van der Waals surface area contributed by atoms with Crippen LogP contribution in [0.3, 0.4) is 0 Å². The van der Waals surface area contributed by atoms with Crippen molar-refractivity contribution in [2.24, 2.45) is 0 Å². The number of ether oxygens (including phenoxy) is 1. The molecule has 0 amide bonds. The van der Waals surface area contributed by atoms with Gasteiger partial charge in [-0.15, -0.1) is 13.2 Å². The van der Waals surface area contributed by atoms with Crippen LogP contribution >= 0.6 is 12.6 Å². The van der Waals surface area contributed by atoms with Crippen molar-refractivity contribution in [2.75, 3.05) is 0 Å². The minimum absolute atomic E-state index is 0.282. The zero-order valence-corrected chi connectivity index (χ0v) is 6.58. The molecule has 1 aromatic rings. The highest BCUT2D eigenvalue weighted by atomic mass is 32.1. The summed E-state index contributed by atoms with van der Waals surface area (Å²) in [7, 11) is 0. The Morgan fingerprint density at radius 1 is 1.25 bits per heavy atom. The van der Waals surface area contributed by atoms with E-state index in [9.17, 15) is 13.2 Å². The van der Waals surface area contributed by atoms with Crippen molar-refractivity contribution in [3.8, 4) is 5.75 Å². The van der Waals surface area contributed by atoms with Crippen LogP contribution in [0.15, 0.2) is 29.2 Å². The Bertz CT molecular complexity index is 272. The number of alkyl halides is 3. The van der Waals surface area contributed by atoms with Crippen LogP contribution in [0.5, 0.6) is 5.75 Å². The van der Waals surface area contributed by atoms with E-state index < -0.39 is 6.36 Å². The number of hydrogen-bond donors (Lipinski definition) is 0. The van der Waals surface area contributed by atoms with E-state index in [1.165, 1.54) is 18.2 Å². The standard InChI is InChI=1S/C7H4F3OS/c8-7(9,10)11-5-2-1-3-6(12)4-5/h1-4H. The SMILES string of the molecule is FC(F)(F)Oc1cccc([S])c1. The van der Waals surface area contributed by atoms with Gasteiger partial charge in [-0.3, -0.25) is 0 Å². The summed E-state index contributed by atoms with van der Waals surface area (Å²) < 4.78 is 38.5. The van der Waals surface area contributed by atoms with Crippen LogP contribution in [0.1, 0.15) is 0 Å². The minimum Gasteiger partial charge on any atom is -0.406 e. The van der Waals surface area contributed by atoms with E-state index in [4.69, 9.17) is 0 Å². The molecule has 0 heterocycles. The summed E-state index contributed by atoms with van der Waals surface area (Å²) >= 11 is 4.64. The fourth-order valence-electron chi connectivity index (χ4n) is 0.671. The first kappa shape index (κ1) is 9.12. The van der Waals surface area contributed by atoms with Crippen LogP contribution in [0.25, 0.3) is 0 Å². The predicted molar refractivity (Wildman–Crippen MR) is 39.0 cm³/mol. The number of rotatable bonds is 1. The summed E-state index contributed by atoms with van der Waals surface area (Å²) in [5.74, 6) is -0.282. The third-order valence-electron chi connectivity index (χ3n) is 1.04. The Morgan fingerprint density at radius 3 is 2.42 bits per heavy atom. The molecular weight excluding hydrogens is 189 g/mol. The van der Waals surface area contributed by atoms with Gasteiger partial charge < -0.3 is 4.74 Å². The summed E-state index contributed by atoms with van der Waals surface area (Å²) in [6, 6.07) is 5.26. The monoisotopic (exact) mass is 193 g/mol. The van der Waals surface area contributed by atoms with Crippen LogP contribution < -0.4 is 4.74 Å². The van der Waals surface area contributed by atoms with Crippen LogP contribution in [0, 0.1) is 0 Å². The van der Waals surface area contributed by atoms with E-state index in [2.05, 4.69) is 17.4 Å². The first-order chi connectivity index (χ1) is 5.47. The molecule has 1 aromatic carbocycles. The molecule has 12 heavy (non-hydrogen) atoms. The normalized spacial score (nSPS) is 11.2. The topological polar surface area (TPSA) is 9.23 Å². The van der Waals surface area contributed by atoms with Crippen LogP contribution in [-0.2, 0) is 0 Å². The van der Waals surface area contributed by atoms with Crippen molar-refractivity contribution in [1.29, 1.82) is 0 Å². The molecule has 0 aliphatic heterocycles. The minimum atomic E-state index is -4.65. The van der Waals surface area contributed by atoms with E-state index in [0.29, 0.717) is 4.90 Å². The molecule has 0 aromatic heterocycles. The molecule has 1 nitrogen and oxygen atoms in total. The molecule has 0 bridgehead atoms. The maximum atomic E-state index is 11.6. The van der Waals surface area contributed by atoms with E-state index in [1.807, 2.05) is 0 Å². The smallest absolute Gasteiger partial charge is 0.406 e. The third-order valence-corrected chi connectivity index (χ3v) is 1.29. The van der Waals surface area contributed by atoms with Crippen molar-refractivity contribution in [3.63, 3.8) is 0 Å². The Morgan fingerprint density at radius 2 is 1.92 bits per heavy atom. The Balaban J connectivity index is 2.77. The highest BCUT2D eigenvalue weighted by Crippen LogP contribution is 2.23. The molecule has 0 unspecified atom stereocenters. The fourth-order valence-corrected chi connectivity index (χ4v) is 0.866. The van der Waals surface area contributed by atoms with Gasteiger partial charge in [0, 0.05) is 4.90 Å². The molecule has 0 fully saturated rings. The number of benzene rings is 1. The Labute approximate surface area is 72.6 Å². The molecule has 0 atom stereocenters. The van der Waals surface area contributed by atoms with Gasteiger partial charge in [0.1, 0.15) is 5.75 Å². The van der Waals surface area contributed by atoms with Gasteiger partial charge in [0.25, 0.3) is 0 Å². The molecule has 0 saturated carbocycles. The second-order valence-electron chi connectivity index (χ2n) is 2.02. The first-order valence-electron chi connectivity index (χ1n) is 3.00. The highest BCUT2D eigenvalue weighted by Gasteiger charge is 2.30. The molecule has 1 rings (SSSR count). The molecule has 0 aliphatic carbocycles. The summed E-state index contributed by atoms with van der Waals surface area (Å²) in [5.41, 5.74) is 0. The van der Waals surface area contributed by atoms with Gasteiger partial charge >= 0.3 is 6.36 Å². The highest BCUT2D eigenvalue weighted by molar-refractivity contribution is 7.80. The lowest BCUT2D eigenvalue weighted by molar-refractivity contribution is -0.274. The summed E-state index contributed by atoms with van der Waals surface area (Å²) in [6.45, 7) is 0. The van der Waals surface area contributed by atoms with Gasteiger partial charge in [-0.25, -0.2) is 0 Å². The molecule has 0 N–H and O–H groups in total. The van der Waals surface area contributed by atoms with Crippen LogP contribution in [0.4, 0.5) is 13.2 Å². The van der Waals surface area contributed by atoms with E-state index in [0.717, 1.165) is 6.07 Å². The van der Waals surface area contributed by atoms with Gasteiger partial charge in [-0.1, -0.05) is 18.7 Å². The molecule has 65 valence electrons. The largest absolute Gasteiger partial charge is 0.573 e. The molecule has 1 radical (unpaired) electrons. The number of halogens is 3. The molecule has 5 heteroatoms. The van der Waals surface area contributed by atoms with Crippen molar-refractivity contribution in [3.05, 3.63) is 24.3 Å². The fraction of sp³-hybridized carbons (Fsp3) is 0.143. The molecule has 0 saturated heterocycles. The maximum Gasteiger partial charge on any atom is 0.573 e. The zero-order chi connectivity index (χ0) is 9.19. The Hall–Kier alpha value is -0.970. The van der Waals surface area contributed by atoms with Gasteiger partial charge in [0.2, 0.25) is 0 Å². The quantitative estimate of drug-likeness (QED) is 0.665. The molecule has 0 aliphatic rings. The van der Waals surface area contributed by atoms with Crippen molar-refractivity contribution in [2.45, 2.75) is 11.3 Å². The average Bonchev–Trinajstić information content (AvgIpc) is 1.82. The van der Waals surface area contributed by atoms with Crippen LogP contribution in [-0.4, -0.2) is 6.36 Å².